The van der Waals surface area contributed by atoms with Gasteiger partial charge in [0, 0.05) is 19.3 Å². The van der Waals surface area contributed by atoms with E-state index in [1.54, 1.807) is 13.1 Å². The predicted molar refractivity (Wildman–Crippen MR) is 68.4 cm³/mol. The van der Waals surface area contributed by atoms with E-state index in [4.69, 9.17) is 16.9 Å². The summed E-state index contributed by atoms with van der Waals surface area (Å²) in [5.41, 5.74) is 6.52. The fourth-order valence-electron chi connectivity index (χ4n) is 1.22. The van der Waals surface area contributed by atoms with Crippen molar-refractivity contribution in [3.8, 4) is 6.07 Å². The largest absolute Gasteiger partial charge is 0.364 e. The molecule has 0 atom stereocenters. The molecule has 1 heterocycles. The number of hydrogen-bond donors (Lipinski definition) is 3. The average molecular weight is 270 g/mol. The Morgan fingerprint density at radius 1 is 1.67 bits per heavy atom. The zero-order valence-corrected chi connectivity index (χ0v) is 10.8. The molecule has 3 N–H and O–H groups in total. The summed E-state index contributed by atoms with van der Waals surface area (Å²) in [4.78, 5) is 3.78. The maximum atomic E-state index is 13.5. The highest BCUT2D eigenvalue weighted by Crippen LogP contribution is 2.19. The van der Waals surface area contributed by atoms with E-state index in [2.05, 4.69) is 21.2 Å². The molecular formula is C11H13ClFN5. The number of anilines is 1. The molecule has 0 aliphatic heterocycles. The lowest BCUT2D eigenvalue weighted by atomic mass is 10.3. The number of halogens is 2. The summed E-state index contributed by atoms with van der Waals surface area (Å²) in [7, 11) is 1.74. The minimum Gasteiger partial charge on any atom is -0.364 e. The van der Waals surface area contributed by atoms with Gasteiger partial charge >= 0.3 is 0 Å². The number of hydrazine groups is 1. The first kappa shape index (κ1) is 14.2. The Morgan fingerprint density at radius 3 is 3.00 bits per heavy atom. The van der Waals surface area contributed by atoms with Crippen LogP contribution in [0.1, 0.15) is 12.5 Å². The van der Waals surface area contributed by atoms with Gasteiger partial charge in [0.2, 0.25) is 0 Å². The van der Waals surface area contributed by atoms with Crippen LogP contribution in [0.4, 0.5) is 10.2 Å². The number of nitrogens with one attached hydrogen (secondary N) is 3. The Balaban J connectivity index is 2.72. The highest BCUT2D eigenvalue weighted by molar-refractivity contribution is 6.30. The minimum atomic E-state index is -0.608. The first-order valence-electron chi connectivity index (χ1n) is 5.18. The van der Waals surface area contributed by atoms with Crippen LogP contribution in [-0.2, 0) is 0 Å². The molecule has 96 valence electrons. The van der Waals surface area contributed by atoms with Crippen LogP contribution in [-0.4, -0.2) is 18.6 Å². The molecular weight excluding hydrogens is 257 g/mol. The number of rotatable bonds is 5. The summed E-state index contributed by atoms with van der Waals surface area (Å²) in [6, 6.07) is 2.82. The molecule has 0 spiro atoms. The van der Waals surface area contributed by atoms with Crippen molar-refractivity contribution in [3.05, 3.63) is 34.4 Å². The van der Waals surface area contributed by atoms with E-state index in [1.165, 1.54) is 0 Å². The van der Waals surface area contributed by atoms with E-state index in [-0.39, 0.29) is 16.5 Å². The quantitative estimate of drug-likeness (QED) is 0.561. The molecule has 0 aromatic carbocycles. The average Bonchev–Trinajstić information content (AvgIpc) is 2.33. The Kier molecular flexibility index (Phi) is 5.36. The molecule has 0 bridgehead atoms. The van der Waals surface area contributed by atoms with E-state index in [0.717, 1.165) is 11.8 Å². The summed E-state index contributed by atoms with van der Waals surface area (Å²) < 4.78 is 13.5. The molecule has 0 aliphatic rings. The number of pyridine rings is 1. The van der Waals surface area contributed by atoms with Gasteiger partial charge in [-0.1, -0.05) is 11.6 Å². The van der Waals surface area contributed by atoms with Crippen LogP contribution in [0.15, 0.2) is 17.8 Å². The minimum absolute atomic E-state index is 0.0169. The first-order chi connectivity index (χ1) is 8.58. The summed E-state index contributed by atoms with van der Waals surface area (Å²) in [6.45, 7) is 2.24. The molecule has 0 aliphatic carbocycles. The fourth-order valence-corrected chi connectivity index (χ4v) is 1.40. The summed E-state index contributed by atoms with van der Waals surface area (Å²) in [5, 5.41) is 11.4. The van der Waals surface area contributed by atoms with Crippen LogP contribution in [0.5, 0.6) is 0 Å². The van der Waals surface area contributed by atoms with Gasteiger partial charge in [-0.15, -0.1) is 0 Å². The highest BCUT2D eigenvalue weighted by atomic mass is 35.5. The van der Waals surface area contributed by atoms with Crippen LogP contribution >= 0.6 is 11.6 Å². The number of aromatic nitrogens is 1. The predicted octanol–water partition coefficient (Wildman–Crippen LogP) is 1.79. The third kappa shape index (κ3) is 3.87. The van der Waals surface area contributed by atoms with Gasteiger partial charge in [0.15, 0.2) is 11.6 Å². The van der Waals surface area contributed by atoms with E-state index in [0.29, 0.717) is 6.54 Å². The maximum Gasteiger partial charge on any atom is 0.166 e. The maximum absolute atomic E-state index is 13.5. The van der Waals surface area contributed by atoms with Crippen molar-refractivity contribution in [2.75, 3.05) is 18.9 Å². The summed E-state index contributed by atoms with van der Waals surface area (Å²) in [5.74, 6) is -0.587. The molecule has 5 nitrogen and oxygen atoms in total. The standard InChI is InChI=1S/C11H13ClFN5/c1-7(18-15-2)3-4-16-11-9(13)5-8(6-14)10(12)17-11/h3,5,15,18H,4H2,1-2H3,(H,16,17)/b7-3-. The second-order valence-electron chi connectivity index (χ2n) is 3.41. The number of allylic oxidation sites excluding steroid dienone is 1. The second-order valence-corrected chi connectivity index (χ2v) is 3.77. The van der Waals surface area contributed by atoms with E-state index < -0.39 is 5.82 Å². The lowest BCUT2D eigenvalue weighted by Gasteiger charge is -2.07. The molecule has 0 fully saturated rings. The lowest BCUT2D eigenvalue weighted by Crippen LogP contribution is -2.25. The Hall–Kier alpha value is -1.84. The molecule has 1 aromatic heterocycles. The lowest BCUT2D eigenvalue weighted by molar-refractivity contribution is 0.624. The SMILES string of the molecule is CNN/C(C)=C\CNc1nc(Cl)c(C#N)cc1F. The zero-order chi connectivity index (χ0) is 13.5. The topological polar surface area (TPSA) is 72.8 Å². The fraction of sp³-hybridized carbons (Fsp3) is 0.273. The monoisotopic (exact) mass is 269 g/mol. The van der Waals surface area contributed by atoms with Crippen molar-refractivity contribution in [3.63, 3.8) is 0 Å². The van der Waals surface area contributed by atoms with Gasteiger partial charge in [-0.25, -0.2) is 14.8 Å². The third-order valence-corrected chi connectivity index (χ3v) is 2.34. The van der Waals surface area contributed by atoms with E-state index in [9.17, 15) is 4.39 Å². The smallest absolute Gasteiger partial charge is 0.166 e. The Morgan fingerprint density at radius 2 is 2.39 bits per heavy atom. The van der Waals surface area contributed by atoms with Gasteiger partial charge in [-0.2, -0.15) is 5.26 Å². The van der Waals surface area contributed by atoms with Gasteiger partial charge in [0.05, 0.1) is 5.56 Å². The summed E-state index contributed by atoms with van der Waals surface area (Å²) >= 11 is 5.71. The van der Waals surface area contributed by atoms with Crippen molar-refractivity contribution < 1.29 is 4.39 Å². The van der Waals surface area contributed by atoms with Crippen LogP contribution in [0, 0.1) is 17.1 Å². The van der Waals surface area contributed by atoms with Crippen LogP contribution < -0.4 is 16.2 Å². The molecule has 1 aromatic rings. The molecule has 1 rings (SSSR count). The first-order valence-corrected chi connectivity index (χ1v) is 5.55. The second kappa shape index (κ2) is 6.79. The number of nitrogens with zero attached hydrogens (tertiary/aromatic N) is 2. The molecule has 7 heteroatoms. The van der Waals surface area contributed by atoms with Crippen molar-refractivity contribution in [2.45, 2.75) is 6.92 Å². The van der Waals surface area contributed by atoms with Crippen molar-refractivity contribution in [1.82, 2.24) is 15.8 Å². The Bertz CT molecular complexity index is 495. The van der Waals surface area contributed by atoms with Crippen LogP contribution in [0.3, 0.4) is 0 Å². The summed E-state index contributed by atoms with van der Waals surface area (Å²) in [6.07, 6.45) is 1.81. The Labute approximate surface area is 110 Å². The number of hydrogen-bond acceptors (Lipinski definition) is 5. The molecule has 0 amide bonds. The molecule has 0 saturated carbocycles. The third-order valence-electron chi connectivity index (χ3n) is 2.05. The zero-order valence-electron chi connectivity index (χ0n) is 10.0. The molecule has 0 unspecified atom stereocenters. The van der Waals surface area contributed by atoms with E-state index in [1.807, 2.05) is 13.0 Å². The molecule has 0 radical (unpaired) electrons. The van der Waals surface area contributed by atoms with Crippen molar-refractivity contribution in [1.29, 1.82) is 5.26 Å². The van der Waals surface area contributed by atoms with E-state index >= 15 is 0 Å². The van der Waals surface area contributed by atoms with Gasteiger partial charge in [0.25, 0.3) is 0 Å². The van der Waals surface area contributed by atoms with Crippen molar-refractivity contribution >= 4 is 17.4 Å². The molecule has 0 saturated heterocycles. The number of nitriles is 1. The van der Waals surface area contributed by atoms with Gasteiger partial charge in [-0.05, 0) is 19.1 Å². The van der Waals surface area contributed by atoms with Crippen LogP contribution in [0.25, 0.3) is 0 Å². The normalized spacial score (nSPS) is 10.9. The molecule has 18 heavy (non-hydrogen) atoms. The van der Waals surface area contributed by atoms with Crippen LogP contribution in [0.2, 0.25) is 5.15 Å². The van der Waals surface area contributed by atoms with Gasteiger partial charge < -0.3 is 10.7 Å². The van der Waals surface area contributed by atoms with Gasteiger partial charge in [-0.3, -0.25) is 0 Å². The highest BCUT2D eigenvalue weighted by Gasteiger charge is 2.09. The van der Waals surface area contributed by atoms with Gasteiger partial charge in [0.1, 0.15) is 11.2 Å². The van der Waals surface area contributed by atoms with Crippen molar-refractivity contribution in [2.24, 2.45) is 0 Å².